The highest BCUT2D eigenvalue weighted by atomic mass is 16.3. The zero-order valence-electron chi connectivity index (χ0n) is 9.96. The molecule has 0 bridgehead atoms. The summed E-state index contributed by atoms with van der Waals surface area (Å²) in [6, 6.07) is 4.60. The van der Waals surface area contributed by atoms with Gasteiger partial charge in [0.25, 0.3) is 0 Å². The quantitative estimate of drug-likeness (QED) is 0.664. The average Bonchev–Trinajstić information content (AvgIpc) is 2.71. The Labute approximate surface area is 93.1 Å². The van der Waals surface area contributed by atoms with Crippen LogP contribution >= 0.6 is 0 Å². The lowest BCUT2D eigenvalue weighted by Crippen LogP contribution is -2.30. The highest BCUT2D eigenvalue weighted by Crippen LogP contribution is 2.10. The highest BCUT2D eigenvalue weighted by Gasteiger charge is 2.09. The van der Waals surface area contributed by atoms with Gasteiger partial charge in [-0.1, -0.05) is 33.1 Å². The molecule has 86 valence electrons. The molecule has 1 rings (SSSR count). The molecule has 0 saturated heterocycles. The topological polar surface area (TPSA) is 25.2 Å². The summed E-state index contributed by atoms with van der Waals surface area (Å²) in [6.45, 7) is 5.45. The van der Waals surface area contributed by atoms with Crippen LogP contribution in [0.3, 0.4) is 0 Å². The van der Waals surface area contributed by atoms with E-state index < -0.39 is 0 Å². The van der Waals surface area contributed by atoms with Gasteiger partial charge in [-0.3, -0.25) is 0 Å². The molecule has 15 heavy (non-hydrogen) atoms. The Balaban J connectivity index is 2.29. The number of hydrogen-bond acceptors (Lipinski definition) is 2. The first-order valence-electron chi connectivity index (χ1n) is 6.12. The van der Waals surface area contributed by atoms with E-state index in [0.29, 0.717) is 6.04 Å². The SMILES string of the molecule is CCCCCC(Cc1ccco1)NCC. The summed E-state index contributed by atoms with van der Waals surface area (Å²) in [6.07, 6.45) is 7.96. The molecule has 2 nitrogen and oxygen atoms in total. The molecule has 2 heteroatoms. The van der Waals surface area contributed by atoms with Crippen molar-refractivity contribution in [2.45, 2.75) is 52.0 Å². The van der Waals surface area contributed by atoms with Gasteiger partial charge in [0, 0.05) is 12.5 Å². The first kappa shape index (κ1) is 12.3. The van der Waals surface area contributed by atoms with Crippen molar-refractivity contribution in [1.29, 1.82) is 0 Å². The molecule has 1 atom stereocenters. The van der Waals surface area contributed by atoms with Crippen LogP contribution in [0.25, 0.3) is 0 Å². The van der Waals surface area contributed by atoms with Crippen LogP contribution in [0.4, 0.5) is 0 Å². The molecular formula is C13H23NO. The molecule has 0 saturated carbocycles. The zero-order chi connectivity index (χ0) is 10.9. The van der Waals surface area contributed by atoms with Crippen molar-refractivity contribution >= 4 is 0 Å². The van der Waals surface area contributed by atoms with E-state index in [0.717, 1.165) is 18.7 Å². The Bertz CT molecular complexity index is 231. The van der Waals surface area contributed by atoms with E-state index in [1.807, 2.05) is 6.07 Å². The van der Waals surface area contributed by atoms with E-state index in [4.69, 9.17) is 4.42 Å². The lowest BCUT2D eigenvalue weighted by Gasteiger charge is -2.16. The molecule has 0 amide bonds. The van der Waals surface area contributed by atoms with Crippen LogP contribution in [0.15, 0.2) is 22.8 Å². The van der Waals surface area contributed by atoms with Crippen molar-refractivity contribution in [3.05, 3.63) is 24.2 Å². The second-order valence-corrected chi connectivity index (χ2v) is 4.03. The lowest BCUT2D eigenvalue weighted by molar-refractivity contribution is 0.419. The molecule has 1 N–H and O–H groups in total. The second kappa shape index (κ2) is 7.52. The summed E-state index contributed by atoms with van der Waals surface area (Å²) in [7, 11) is 0. The minimum Gasteiger partial charge on any atom is -0.469 e. The van der Waals surface area contributed by atoms with Gasteiger partial charge in [0.05, 0.1) is 6.26 Å². The average molecular weight is 209 g/mol. The molecule has 0 aliphatic rings. The van der Waals surface area contributed by atoms with Gasteiger partial charge in [0.2, 0.25) is 0 Å². The Morgan fingerprint density at radius 2 is 2.20 bits per heavy atom. The third-order valence-corrected chi connectivity index (χ3v) is 2.68. The Hall–Kier alpha value is -0.760. The van der Waals surface area contributed by atoms with Crippen LogP contribution in [0, 0.1) is 0 Å². The first-order chi connectivity index (χ1) is 7.36. The fraction of sp³-hybridized carbons (Fsp3) is 0.692. The monoisotopic (exact) mass is 209 g/mol. The molecule has 0 aliphatic heterocycles. The summed E-state index contributed by atoms with van der Waals surface area (Å²) in [5.41, 5.74) is 0. The molecule has 1 heterocycles. The van der Waals surface area contributed by atoms with Crippen molar-refractivity contribution in [3.8, 4) is 0 Å². The number of nitrogens with one attached hydrogen (secondary N) is 1. The zero-order valence-corrected chi connectivity index (χ0v) is 9.96. The minimum atomic E-state index is 0.577. The maximum Gasteiger partial charge on any atom is 0.105 e. The highest BCUT2D eigenvalue weighted by molar-refractivity contribution is 5.00. The van der Waals surface area contributed by atoms with Crippen molar-refractivity contribution in [2.24, 2.45) is 0 Å². The van der Waals surface area contributed by atoms with E-state index >= 15 is 0 Å². The lowest BCUT2D eigenvalue weighted by atomic mass is 10.0. The van der Waals surface area contributed by atoms with Crippen molar-refractivity contribution in [1.82, 2.24) is 5.32 Å². The normalized spacial score (nSPS) is 12.9. The van der Waals surface area contributed by atoms with Crippen LogP contribution in [-0.2, 0) is 6.42 Å². The standard InChI is InChI=1S/C13H23NO/c1-3-5-6-8-12(14-4-2)11-13-9-7-10-15-13/h7,9-10,12,14H,3-6,8,11H2,1-2H3. The van der Waals surface area contributed by atoms with Gasteiger partial charge in [-0.2, -0.15) is 0 Å². The van der Waals surface area contributed by atoms with Crippen molar-refractivity contribution in [3.63, 3.8) is 0 Å². The maximum absolute atomic E-state index is 5.38. The Kier molecular flexibility index (Phi) is 6.17. The predicted octanol–water partition coefficient (Wildman–Crippen LogP) is 3.38. The smallest absolute Gasteiger partial charge is 0.105 e. The van der Waals surface area contributed by atoms with Crippen LogP contribution in [0.1, 0.15) is 45.3 Å². The third-order valence-electron chi connectivity index (χ3n) is 2.68. The molecule has 1 aromatic heterocycles. The van der Waals surface area contributed by atoms with Gasteiger partial charge in [-0.25, -0.2) is 0 Å². The van der Waals surface area contributed by atoms with Gasteiger partial charge in [-0.05, 0) is 25.1 Å². The van der Waals surface area contributed by atoms with Crippen LogP contribution in [0.5, 0.6) is 0 Å². The number of furan rings is 1. The van der Waals surface area contributed by atoms with Crippen LogP contribution < -0.4 is 5.32 Å². The van der Waals surface area contributed by atoms with Crippen LogP contribution in [-0.4, -0.2) is 12.6 Å². The number of unbranched alkanes of at least 4 members (excludes halogenated alkanes) is 2. The van der Waals surface area contributed by atoms with E-state index in [2.05, 4.69) is 25.2 Å². The summed E-state index contributed by atoms with van der Waals surface area (Å²) >= 11 is 0. The Morgan fingerprint density at radius 3 is 2.80 bits per heavy atom. The molecule has 0 aliphatic carbocycles. The van der Waals surface area contributed by atoms with Crippen molar-refractivity contribution < 1.29 is 4.42 Å². The number of rotatable bonds is 8. The molecule has 0 spiro atoms. The van der Waals surface area contributed by atoms with E-state index in [1.54, 1.807) is 6.26 Å². The summed E-state index contributed by atoms with van der Waals surface area (Å²) < 4.78 is 5.38. The molecular weight excluding hydrogens is 186 g/mol. The molecule has 0 fully saturated rings. The fourth-order valence-electron chi connectivity index (χ4n) is 1.88. The number of likely N-dealkylation sites (N-methyl/N-ethyl adjacent to an activating group) is 1. The van der Waals surface area contributed by atoms with E-state index in [9.17, 15) is 0 Å². The van der Waals surface area contributed by atoms with Gasteiger partial charge in [0.1, 0.15) is 5.76 Å². The summed E-state index contributed by atoms with van der Waals surface area (Å²) in [5.74, 6) is 1.09. The molecule has 1 unspecified atom stereocenters. The molecule has 1 aromatic rings. The maximum atomic E-state index is 5.38. The van der Waals surface area contributed by atoms with Gasteiger partial charge in [-0.15, -0.1) is 0 Å². The van der Waals surface area contributed by atoms with Crippen molar-refractivity contribution in [2.75, 3.05) is 6.54 Å². The second-order valence-electron chi connectivity index (χ2n) is 4.03. The van der Waals surface area contributed by atoms with Crippen LogP contribution in [0.2, 0.25) is 0 Å². The summed E-state index contributed by atoms with van der Waals surface area (Å²) in [5, 5.41) is 3.52. The van der Waals surface area contributed by atoms with Gasteiger partial charge < -0.3 is 9.73 Å². The summed E-state index contributed by atoms with van der Waals surface area (Å²) in [4.78, 5) is 0. The molecule has 0 radical (unpaired) electrons. The third kappa shape index (κ3) is 5.03. The van der Waals surface area contributed by atoms with Gasteiger partial charge in [0.15, 0.2) is 0 Å². The first-order valence-corrected chi connectivity index (χ1v) is 6.12. The predicted molar refractivity (Wildman–Crippen MR) is 64.0 cm³/mol. The molecule has 0 aromatic carbocycles. The fourth-order valence-corrected chi connectivity index (χ4v) is 1.88. The largest absolute Gasteiger partial charge is 0.469 e. The minimum absolute atomic E-state index is 0.577. The Morgan fingerprint density at radius 1 is 1.33 bits per heavy atom. The van der Waals surface area contributed by atoms with E-state index in [-0.39, 0.29) is 0 Å². The number of hydrogen-bond donors (Lipinski definition) is 1. The van der Waals surface area contributed by atoms with Gasteiger partial charge >= 0.3 is 0 Å². The van der Waals surface area contributed by atoms with E-state index in [1.165, 1.54) is 25.7 Å².